The zero-order chi connectivity index (χ0) is 18.9. The molecule has 0 atom stereocenters. The fourth-order valence-electron chi connectivity index (χ4n) is 2.38. The first kappa shape index (κ1) is 18.4. The molecule has 0 saturated carbocycles. The summed E-state index contributed by atoms with van der Waals surface area (Å²) < 4.78 is 53.4. The van der Waals surface area contributed by atoms with Crippen LogP contribution in [-0.4, -0.2) is 31.0 Å². The molecule has 0 aliphatic rings. The molecular weight excluding hydrogens is 372 g/mol. The van der Waals surface area contributed by atoms with Gasteiger partial charge in [-0.25, -0.2) is 14.4 Å². The molecule has 3 aromatic rings. The predicted molar refractivity (Wildman–Crippen MR) is 90.2 cm³/mol. The molecule has 10 heteroatoms. The number of halogens is 4. The summed E-state index contributed by atoms with van der Waals surface area (Å²) in [5, 5.41) is 0.105. The Morgan fingerprint density at radius 3 is 2.50 bits per heavy atom. The van der Waals surface area contributed by atoms with E-state index in [0.717, 1.165) is 16.3 Å². The van der Waals surface area contributed by atoms with E-state index in [1.54, 1.807) is 4.57 Å². The lowest BCUT2D eigenvalue weighted by molar-refractivity contribution is -0.129. The molecule has 26 heavy (non-hydrogen) atoms. The Labute approximate surface area is 149 Å². The molecule has 3 rings (SSSR count). The molecule has 0 spiro atoms. The summed E-state index contributed by atoms with van der Waals surface area (Å²) in [6.07, 6.45) is -3.86. The van der Waals surface area contributed by atoms with Crippen LogP contribution in [0.5, 0.6) is 0 Å². The van der Waals surface area contributed by atoms with Crippen molar-refractivity contribution in [2.75, 3.05) is 5.75 Å². The number of imidazole rings is 1. The molecule has 0 aliphatic carbocycles. The van der Waals surface area contributed by atoms with Crippen LogP contribution < -0.4 is 5.56 Å². The van der Waals surface area contributed by atoms with Gasteiger partial charge in [-0.2, -0.15) is 13.2 Å². The zero-order valence-electron chi connectivity index (χ0n) is 13.6. The highest BCUT2D eigenvalue weighted by atomic mass is 32.2. The van der Waals surface area contributed by atoms with Gasteiger partial charge in [0.05, 0.1) is 18.4 Å². The maximum Gasteiger partial charge on any atom is 0.389 e. The number of hydrogen-bond acceptors (Lipinski definition) is 4. The number of aryl methyl sites for hydroxylation is 1. The topological polar surface area (TPSA) is 52.7 Å². The molecule has 5 nitrogen and oxygen atoms in total. The van der Waals surface area contributed by atoms with E-state index in [2.05, 4.69) is 9.97 Å². The van der Waals surface area contributed by atoms with Crippen molar-refractivity contribution in [2.45, 2.75) is 31.2 Å². The lowest BCUT2D eigenvalue weighted by Gasteiger charge is -2.13. The first-order valence-corrected chi connectivity index (χ1v) is 8.72. The minimum absolute atomic E-state index is 0.105. The maximum atomic E-state index is 13.2. The largest absolute Gasteiger partial charge is 0.389 e. The summed E-state index contributed by atoms with van der Waals surface area (Å²) in [4.78, 5) is 21.2. The van der Waals surface area contributed by atoms with Crippen molar-refractivity contribution in [2.24, 2.45) is 0 Å². The lowest BCUT2D eigenvalue weighted by Crippen LogP contribution is -2.22. The SMILES string of the molecule is CCn1cnc2c(=O)n(-c3ccc(F)cc3)c(SCCC(F)(F)F)nc21. The van der Waals surface area contributed by atoms with Crippen molar-refractivity contribution >= 4 is 22.9 Å². The number of benzene rings is 1. The van der Waals surface area contributed by atoms with E-state index in [4.69, 9.17) is 0 Å². The van der Waals surface area contributed by atoms with Crippen LogP contribution in [0.15, 0.2) is 40.5 Å². The standard InChI is InChI=1S/C16H14F4N4OS/c1-2-23-9-21-12-13(23)22-15(26-8-7-16(18,19)20)24(14(12)25)11-5-3-10(17)4-6-11/h3-6,9H,2,7-8H2,1H3. The highest BCUT2D eigenvalue weighted by Gasteiger charge is 2.27. The van der Waals surface area contributed by atoms with Gasteiger partial charge in [-0.05, 0) is 31.2 Å². The Hall–Kier alpha value is -2.36. The Balaban J connectivity index is 2.13. The van der Waals surface area contributed by atoms with Crippen molar-refractivity contribution in [1.82, 2.24) is 19.1 Å². The number of rotatable bonds is 5. The maximum absolute atomic E-state index is 13.2. The van der Waals surface area contributed by atoms with Crippen LogP contribution in [0.2, 0.25) is 0 Å². The van der Waals surface area contributed by atoms with E-state index in [0.29, 0.717) is 17.9 Å². The number of alkyl halides is 3. The number of aromatic nitrogens is 4. The van der Waals surface area contributed by atoms with E-state index < -0.39 is 24.0 Å². The van der Waals surface area contributed by atoms with Gasteiger partial charge in [-0.15, -0.1) is 0 Å². The van der Waals surface area contributed by atoms with Crippen LogP contribution >= 0.6 is 11.8 Å². The van der Waals surface area contributed by atoms with E-state index in [1.807, 2.05) is 6.92 Å². The van der Waals surface area contributed by atoms with E-state index in [1.165, 1.54) is 30.6 Å². The Morgan fingerprint density at radius 2 is 1.88 bits per heavy atom. The second-order valence-electron chi connectivity index (χ2n) is 5.43. The van der Waals surface area contributed by atoms with Crippen molar-refractivity contribution in [1.29, 1.82) is 0 Å². The van der Waals surface area contributed by atoms with Crippen molar-refractivity contribution < 1.29 is 17.6 Å². The van der Waals surface area contributed by atoms with Crippen LogP contribution in [0.4, 0.5) is 17.6 Å². The highest BCUT2D eigenvalue weighted by Crippen LogP contribution is 2.27. The average molecular weight is 386 g/mol. The Bertz CT molecular complexity index is 979. The first-order chi connectivity index (χ1) is 12.3. The summed E-state index contributed by atoms with van der Waals surface area (Å²) in [5.41, 5.74) is 0.219. The van der Waals surface area contributed by atoms with Crippen molar-refractivity contribution in [3.8, 4) is 5.69 Å². The van der Waals surface area contributed by atoms with Gasteiger partial charge in [-0.3, -0.25) is 9.36 Å². The molecule has 0 bridgehead atoms. The molecule has 0 saturated heterocycles. The lowest BCUT2D eigenvalue weighted by atomic mass is 10.3. The summed E-state index contributed by atoms with van der Waals surface area (Å²) >= 11 is 0.822. The fraction of sp³-hybridized carbons (Fsp3) is 0.312. The van der Waals surface area contributed by atoms with Gasteiger partial charge in [0.15, 0.2) is 16.3 Å². The van der Waals surface area contributed by atoms with E-state index in [9.17, 15) is 22.4 Å². The highest BCUT2D eigenvalue weighted by molar-refractivity contribution is 7.99. The van der Waals surface area contributed by atoms with Gasteiger partial charge in [-0.1, -0.05) is 11.8 Å². The third kappa shape index (κ3) is 3.74. The Morgan fingerprint density at radius 1 is 1.19 bits per heavy atom. The number of hydrogen-bond donors (Lipinski definition) is 0. The smallest absolute Gasteiger partial charge is 0.315 e. The number of fused-ring (bicyclic) bond motifs is 1. The third-order valence-electron chi connectivity index (χ3n) is 3.65. The molecule has 138 valence electrons. The summed E-state index contributed by atoms with van der Waals surface area (Å²) in [6, 6.07) is 5.07. The number of thioether (sulfide) groups is 1. The monoisotopic (exact) mass is 386 g/mol. The van der Waals surface area contributed by atoms with Crippen LogP contribution in [0.3, 0.4) is 0 Å². The van der Waals surface area contributed by atoms with Gasteiger partial charge in [0.25, 0.3) is 5.56 Å². The van der Waals surface area contributed by atoms with Gasteiger partial charge in [0, 0.05) is 12.3 Å². The van der Waals surface area contributed by atoms with Gasteiger partial charge < -0.3 is 4.57 Å². The van der Waals surface area contributed by atoms with Gasteiger partial charge in [0.2, 0.25) is 0 Å². The molecule has 0 fully saturated rings. The molecule has 0 radical (unpaired) electrons. The minimum atomic E-state index is -4.30. The molecule has 2 heterocycles. The summed E-state index contributed by atoms with van der Waals surface area (Å²) in [5.74, 6) is -0.777. The second kappa shape index (κ2) is 7.10. The fourth-order valence-corrected chi connectivity index (χ4v) is 3.37. The van der Waals surface area contributed by atoms with Crippen molar-refractivity contribution in [3.05, 3.63) is 46.8 Å². The minimum Gasteiger partial charge on any atom is -0.315 e. The first-order valence-electron chi connectivity index (χ1n) is 7.73. The quantitative estimate of drug-likeness (QED) is 0.380. The van der Waals surface area contributed by atoms with E-state index >= 15 is 0 Å². The Kier molecular flexibility index (Phi) is 5.03. The summed E-state index contributed by atoms with van der Waals surface area (Å²) in [7, 11) is 0. The molecule has 0 N–H and O–H groups in total. The molecule has 2 aromatic heterocycles. The van der Waals surface area contributed by atoms with Crippen LogP contribution in [0.1, 0.15) is 13.3 Å². The third-order valence-corrected chi connectivity index (χ3v) is 4.59. The van der Waals surface area contributed by atoms with Crippen LogP contribution in [-0.2, 0) is 6.54 Å². The predicted octanol–water partition coefficient (Wildman–Crippen LogP) is 3.79. The molecule has 1 aromatic carbocycles. The second-order valence-corrected chi connectivity index (χ2v) is 6.49. The average Bonchev–Trinajstić information content (AvgIpc) is 2.98. The van der Waals surface area contributed by atoms with Crippen molar-refractivity contribution in [3.63, 3.8) is 0 Å². The van der Waals surface area contributed by atoms with Crippen LogP contribution in [0.25, 0.3) is 16.9 Å². The van der Waals surface area contributed by atoms with Crippen LogP contribution in [0, 0.1) is 5.82 Å². The summed E-state index contributed by atoms with van der Waals surface area (Å²) in [6.45, 7) is 2.35. The van der Waals surface area contributed by atoms with E-state index in [-0.39, 0.29) is 16.4 Å². The zero-order valence-corrected chi connectivity index (χ0v) is 14.4. The molecule has 0 unspecified atom stereocenters. The number of nitrogens with zero attached hydrogens (tertiary/aromatic N) is 4. The molecular formula is C16H14F4N4OS. The molecule has 0 amide bonds. The van der Waals surface area contributed by atoms with Gasteiger partial charge in [0.1, 0.15) is 5.82 Å². The normalized spacial score (nSPS) is 12.0. The molecule has 0 aliphatic heterocycles. The van der Waals surface area contributed by atoms with Gasteiger partial charge >= 0.3 is 6.18 Å².